The van der Waals surface area contributed by atoms with Gasteiger partial charge in [-0.3, -0.25) is 0 Å². The first-order chi connectivity index (χ1) is 6.32. The molecule has 0 unspecified atom stereocenters. The van der Waals surface area contributed by atoms with Crippen LogP contribution in [0.15, 0.2) is 18.2 Å². The molecule has 4 heteroatoms. The maximum Gasteiger partial charge on any atom is 0.492 e. The molecule has 0 atom stereocenters. The molecule has 76 valence electrons. The van der Waals surface area contributed by atoms with Crippen LogP contribution in [0.2, 0.25) is 0 Å². The van der Waals surface area contributed by atoms with Crippen molar-refractivity contribution in [1.29, 1.82) is 0 Å². The fraction of sp³-hybridized carbons (Fsp3) is 0.400. The van der Waals surface area contributed by atoms with E-state index in [1.807, 2.05) is 20.8 Å². The maximum absolute atomic E-state index is 9.51. The summed E-state index contributed by atoms with van der Waals surface area (Å²) in [5, 5.41) is 27.3. The molecule has 0 radical (unpaired) electrons. The third-order valence-corrected chi connectivity index (χ3v) is 2.17. The Labute approximate surface area is 84.2 Å². The molecule has 0 amide bonds. The summed E-state index contributed by atoms with van der Waals surface area (Å²) in [5.41, 5.74) is 1.04. The molecule has 1 aromatic carbocycles. The van der Waals surface area contributed by atoms with Gasteiger partial charge in [0.2, 0.25) is 0 Å². The van der Waals surface area contributed by atoms with E-state index in [0.29, 0.717) is 0 Å². The number of phenolic OH excluding ortho intramolecular Hbond substituents is 1. The molecule has 1 aromatic rings. The quantitative estimate of drug-likeness (QED) is 0.566. The molecular formula is C10H15BO3. The van der Waals surface area contributed by atoms with Crippen molar-refractivity contribution in [1.82, 2.24) is 0 Å². The van der Waals surface area contributed by atoms with Crippen LogP contribution in [-0.2, 0) is 5.41 Å². The number of benzene rings is 1. The first-order valence-electron chi connectivity index (χ1n) is 4.52. The highest BCUT2D eigenvalue weighted by molar-refractivity contribution is 6.59. The lowest BCUT2D eigenvalue weighted by Gasteiger charge is -2.19. The molecule has 3 nitrogen and oxygen atoms in total. The summed E-state index contributed by atoms with van der Waals surface area (Å²) in [5.74, 6) is -0.0765. The Hall–Kier alpha value is -0.995. The standard InChI is InChI=1S/C10H15BO3/c1-10(2,3)7-4-5-8(11(13)14)9(12)6-7/h4-6,12-14H,1-3H3. The summed E-state index contributed by atoms with van der Waals surface area (Å²) in [7, 11) is -1.62. The van der Waals surface area contributed by atoms with Gasteiger partial charge in [0.05, 0.1) is 0 Å². The lowest BCUT2D eigenvalue weighted by molar-refractivity contribution is 0.419. The average molecular weight is 194 g/mol. The molecule has 14 heavy (non-hydrogen) atoms. The van der Waals surface area contributed by atoms with Crippen molar-refractivity contribution in [2.24, 2.45) is 0 Å². The molecule has 0 aromatic heterocycles. The predicted octanol–water partition coefficient (Wildman–Crippen LogP) is 0.369. The van der Waals surface area contributed by atoms with E-state index in [2.05, 4.69) is 0 Å². The van der Waals surface area contributed by atoms with E-state index >= 15 is 0 Å². The molecular weight excluding hydrogens is 179 g/mol. The van der Waals surface area contributed by atoms with Crippen molar-refractivity contribution in [3.63, 3.8) is 0 Å². The molecule has 0 saturated heterocycles. The van der Waals surface area contributed by atoms with Gasteiger partial charge in [0, 0.05) is 5.46 Å². The van der Waals surface area contributed by atoms with Crippen LogP contribution in [0.25, 0.3) is 0 Å². The zero-order chi connectivity index (χ0) is 10.9. The van der Waals surface area contributed by atoms with E-state index in [1.54, 1.807) is 12.1 Å². The van der Waals surface area contributed by atoms with Gasteiger partial charge < -0.3 is 15.2 Å². The van der Waals surface area contributed by atoms with Gasteiger partial charge in [0.25, 0.3) is 0 Å². The van der Waals surface area contributed by atoms with Gasteiger partial charge in [0.15, 0.2) is 0 Å². The topological polar surface area (TPSA) is 60.7 Å². The Morgan fingerprint density at radius 3 is 2.07 bits per heavy atom. The lowest BCUT2D eigenvalue weighted by atomic mass is 9.77. The lowest BCUT2D eigenvalue weighted by Crippen LogP contribution is -2.30. The highest BCUT2D eigenvalue weighted by Gasteiger charge is 2.19. The van der Waals surface area contributed by atoms with Crippen LogP contribution in [0.4, 0.5) is 0 Å². The first-order valence-corrected chi connectivity index (χ1v) is 4.52. The molecule has 3 N–H and O–H groups in total. The van der Waals surface area contributed by atoms with Gasteiger partial charge in [-0.1, -0.05) is 32.9 Å². The van der Waals surface area contributed by atoms with Crippen molar-refractivity contribution < 1.29 is 15.2 Å². The Morgan fingerprint density at radius 1 is 1.14 bits per heavy atom. The van der Waals surface area contributed by atoms with E-state index in [0.717, 1.165) is 5.56 Å². The Balaban J connectivity index is 3.13. The normalized spacial score (nSPS) is 11.5. The summed E-state index contributed by atoms with van der Waals surface area (Å²) in [6, 6.07) is 4.88. The molecule has 0 bridgehead atoms. The number of rotatable bonds is 1. The molecule has 0 aliphatic heterocycles. The second-order valence-corrected chi connectivity index (χ2v) is 4.40. The average Bonchev–Trinajstić information content (AvgIpc) is 2.01. The highest BCUT2D eigenvalue weighted by Crippen LogP contribution is 2.24. The van der Waals surface area contributed by atoms with E-state index < -0.39 is 7.12 Å². The summed E-state index contributed by atoms with van der Waals surface area (Å²) in [4.78, 5) is 0. The summed E-state index contributed by atoms with van der Waals surface area (Å²) in [6.45, 7) is 6.07. The van der Waals surface area contributed by atoms with Crippen molar-refractivity contribution in [2.75, 3.05) is 0 Å². The molecule has 0 aliphatic rings. The van der Waals surface area contributed by atoms with E-state index in [4.69, 9.17) is 10.0 Å². The highest BCUT2D eigenvalue weighted by atomic mass is 16.4. The van der Waals surface area contributed by atoms with Crippen LogP contribution in [0.5, 0.6) is 5.75 Å². The molecule has 0 spiro atoms. The van der Waals surface area contributed by atoms with Gasteiger partial charge in [0.1, 0.15) is 5.75 Å². The van der Waals surface area contributed by atoms with Crippen molar-refractivity contribution in [2.45, 2.75) is 26.2 Å². The molecule has 1 rings (SSSR count). The SMILES string of the molecule is CC(C)(C)c1ccc(B(O)O)c(O)c1. The smallest absolute Gasteiger partial charge is 0.492 e. The zero-order valence-corrected chi connectivity index (χ0v) is 8.65. The Bertz CT molecular complexity index is 329. The fourth-order valence-corrected chi connectivity index (χ4v) is 1.23. The van der Waals surface area contributed by atoms with Crippen molar-refractivity contribution in [3.05, 3.63) is 23.8 Å². The van der Waals surface area contributed by atoms with E-state index in [-0.39, 0.29) is 16.6 Å². The van der Waals surface area contributed by atoms with Crippen LogP contribution in [-0.4, -0.2) is 22.3 Å². The summed E-state index contributed by atoms with van der Waals surface area (Å²) < 4.78 is 0. The van der Waals surface area contributed by atoms with Gasteiger partial charge in [-0.25, -0.2) is 0 Å². The number of hydrogen-bond acceptors (Lipinski definition) is 3. The van der Waals surface area contributed by atoms with Crippen LogP contribution >= 0.6 is 0 Å². The number of aromatic hydroxyl groups is 1. The monoisotopic (exact) mass is 194 g/mol. The second-order valence-electron chi connectivity index (χ2n) is 4.40. The third kappa shape index (κ3) is 2.27. The molecule has 0 fully saturated rings. The maximum atomic E-state index is 9.51. The predicted molar refractivity (Wildman–Crippen MR) is 56.6 cm³/mol. The third-order valence-electron chi connectivity index (χ3n) is 2.17. The molecule has 0 aliphatic carbocycles. The van der Waals surface area contributed by atoms with Crippen LogP contribution in [0, 0.1) is 0 Å². The van der Waals surface area contributed by atoms with Gasteiger partial charge >= 0.3 is 7.12 Å². The zero-order valence-electron chi connectivity index (χ0n) is 8.65. The van der Waals surface area contributed by atoms with Crippen molar-refractivity contribution >= 4 is 12.6 Å². The minimum atomic E-state index is -1.62. The fourth-order valence-electron chi connectivity index (χ4n) is 1.23. The van der Waals surface area contributed by atoms with Crippen LogP contribution < -0.4 is 5.46 Å². The van der Waals surface area contributed by atoms with E-state index in [9.17, 15) is 5.11 Å². The summed E-state index contributed by atoms with van der Waals surface area (Å²) in [6.07, 6.45) is 0. The first kappa shape index (κ1) is 11.1. The minimum Gasteiger partial charge on any atom is -0.508 e. The second kappa shape index (κ2) is 3.63. The number of hydrogen-bond donors (Lipinski definition) is 3. The van der Waals surface area contributed by atoms with Crippen LogP contribution in [0.1, 0.15) is 26.3 Å². The molecule has 0 saturated carbocycles. The number of phenols is 1. The van der Waals surface area contributed by atoms with Crippen LogP contribution in [0.3, 0.4) is 0 Å². The summed E-state index contributed by atoms with van der Waals surface area (Å²) >= 11 is 0. The Morgan fingerprint density at radius 2 is 1.71 bits per heavy atom. The van der Waals surface area contributed by atoms with E-state index in [1.165, 1.54) is 6.07 Å². The van der Waals surface area contributed by atoms with Crippen molar-refractivity contribution in [3.8, 4) is 5.75 Å². The van der Waals surface area contributed by atoms with Gasteiger partial charge in [-0.05, 0) is 17.0 Å². The minimum absolute atomic E-state index is 0.0591. The molecule has 0 heterocycles. The Kier molecular flexibility index (Phi) is 2.88. The van der Waals surface area contributed by atoms with Gasteiger partial charge in [-0.2, -0.15) is 0 Å². The largest absolute Gasteiger partial charge is 0.508 e. The van der Waals surface area contributed by atoms with Gasteiger partial charge in [-0.15, -0.1) is 0 Å².